The van der Waals surface area contributed by atoms with E-state index < -0.39 is 9.84 Å². The molecule has 218 valence electrons. The summed E-state index contributed by atoms with van der Waals surface area (Å²) in [6.45, 7) is 12.7. The van der Waals surface area contributed by atoms with Crippen molar-refractivity contribution in [3.63, 3.8) is 0 Å². The number of amides is 1. The Balaban J connectivity index is 1.84. The molecule has 0 saturated heterocycles. The second-order valence-electron chi connectivity index (χ2n) is 11.2. The van der Waals surface area contributed by atoms with Crippen molar-refractivity contribution in [2.24, 2.45) is 15.4 Å². The molecular formula is C29H46N4O4S2. The standard InChI is InChI=1S/C29H46N4O4S2/c1-9-24-27(20(2)15-16-22-17-23(19-31-18-22)39(8,35)36)33-28(38-24)32-25(34)13-11-10-12-14-26(30-7)37-21(3)29(4,5)6/h15,17-19,21,24,28H,9-14,16H2,1-8H3,(H,32,34). The third-order valence-corrected chi connectivity index (χ3v) is 9.28. The number of rotatable bonds is 13. The summed E-state index contributed by atoms with van der Waals surface area (Å²) < 4.78 is 29.7. The van der Waals surface area contributed by atoms with Crippen LogP contribution in [0.1, 0.15) is 85.6 Å². The summed E-state index contributed by atoms with van der Waals surface area (Å²) in [5.74, 6) is 0.791. The minimum atomic E-state index is -3.30. The number of nitrogens with zero attached hydrogens (tertiary/aromatic N) is 3. The van der Waals surface area contributed by atoms with Crippen LogP contribution >= 0.6 is 11.8 Å². The summed E-state index contributed by atoms with van der Waals surface area (Å²) in [7, 11) is -1.53. The number of aliphatic imine (C=N–C) groups is 2. The van der Waals surface area contributed by atoms with Crippen molar-refractivity contribution in [2.75, 3.05) is 13.3 Å². The fourth-order valence-corrected chi connectivity index (χ4v) is 5.75. The number of pyridine rings is 1. The molecule has 10 heteroatoms. The molecule has 0 bridgehead atoms. The highest BCUT2D eigenvalue weighted by Crippen LogP contribution is 2.31. The fraction of sp³-hybridized carbons (Fsp3) is 0.655. The quantitative estimate of drug-likeness (QED) is 0.181. The number of hydrogen-bond donors (Lipinski definition) is 1. The molecule has 1 aromatic heterocycles. The van der Waals surface area contributed by atoms with Gasteiger partial charge in [-0.15, -0.1) is 11.8 Å². The third-order valence-electron chi connectivity index (χ3n) is 6.83. The average molecular weight is 579 g/mol. The molecule has 2 heterocycles. The molecule has 3 unspecified atom stereocenters. The third kappa shape index (κ3) is 11.1. The molecule has 0 spiro atoms. The Hall–Kier alpha value is -2.20. The maximum absolute atomic E-state index is 12.6. The second-order valence-corrected chi connectivity index (χ2v) is 14.5. The van der Waals surface area contributed by atoms with Gasteiger partial charge in [0.05, 0.1) is 15.9 Å². The van der Waals surface area contributed by atoms with Crippen molar-refractivity contribution in [1.29, 1.82) is 0 Å². The lowest BCUT2D eigenvalue weighted by Gasteiger charge is -2.28. The van der Waals surface area contributed by atoms with Crippen LogP contribution in [0.3, 0.4) is 0 Å². The minimum absolute atomic E-state index is 0.0136. The Kier molecular flexibility index (Phi) is 12.7. The van der Waals surface area contributed by atoms with E-state index in [0.29, 0.717) is 12.8 Å². The molecule has 0 fully saturated rings. The number of hydrogen-bond acceptors (Lipinski definition) is 8. The molecule has 2 rings (SSSR count). The number of aromatic nitrogens is 1. The zero-order valence-electron chi connectivity index (χ0n) is 24.8. The predicted molar refractivity (Wildman–Crippen MR) is 162 cm³/mol. The van der Waals surface area contributed by atoms with Gasteiger partial charge in [0.1, 0.15) is 6.10 Å². The van der Waals surface area contributed by atoms with Gasteiger partial charge < -0.3 is 10.1 Å². The summed E-state index contributed by atoms with van der Waals surface area (Å²) in [6, 6.07) is 1.66. The lowest BCUT2D eigenvalue weighted by atomic mass is 9.90. The Morgan fingerprint density at radius 3 is 2.54 bits per heavy atom. The van der Waals surface area contributed by atoms with E-state index in [-0.39, 0.29) is 33.1 Å². The Labute approximate surface area is 239 Å². The molecule has 1 aromatic rings. The van der Waals surface area contributed by atoms with Gasteiger partial charge in [0.15, 0.2) is 21.2 Å². The highest BCUT2D eigenvalue weighted by molar-refractivity contribution is 8.01. The van der Waals surface area contributed by atoms with E-state index >= 15 is 0 Å². The van der Waals surface area contributed by atoms with Crippen LogP contribution in [0.5, 0.6) is 0 Å². The molecular weight excluding hydrogens is 532 g/mol. The highest BCUT2D eigenvalue weighted by atomic mass is 32.2. The summed E-state index contributed by atoms with van der Waals surface area (Å²) >= 11 is 1.66. The van der Waals surface area contributed by atoms with Crippen LogP contribution < -0.4 is 5.32 Å². The van der Waals surface area contributed by atoms with Crippen LogP contribution in [-0.2, 0) is 25.8 Å². The zero-order chi connectivity index (χ0) is 29.2. The van der Waals surface area contributed by atoms with Crippen LogP contribution in [0.4, 0.5) is 0 Å². The fourth-order valence-electron chi connectivity index (χ4n) is 3.88. The van der Waals surface area contributed by atoms with E-state index in [1.807, 2.05) is 6.92 Å². The van der Waals surface area contributed by atoms with Gasteiger partial charge in [0.25, 0.3) is 0 Å². The number of thioether (sulfide) groups is 1. The lowest BCUT2D eigenvalue weighted by Crippen LogP contribution is -2.30. The zero-order valence-corrected chi connectivity index (χ0v) is 26.4. The predicted octanol–water partition coefficient (Wildman–Crippen LogP) is 5.77. The van der Waals surface area contributed by atoms with E-state index in [4.69, 9.17) is 9.73 Å². The molecule has 0 aromatic carbocycles. The molecule has 1 aliphatic heterocycles. The summed E-state index contributed by atoms with van der Waals surface area (Å²) in [5.41, 5.74) is 2.61. The molecule has 0 saturated carbocycles. The minimum Gasteiger partial charge on any atom is -0.477 e. The van der Waals surface area contributed by atoms with E-state index in [1.165, 1.54) is 12.5 Å². The van der Waals surface area contributed by atoms with Gasteiger partial charge >= 0.3 is 0 Å². The molecule has 1 amide bonds. The number of nitrogens with one attached hydrogen (secondary N) is 1. The van der Waals surface area contributed by atoms with E-state index in [0.717, 1.165) is 54.9 Å². The molecule has 1 N–H and O–H groups in total. The number of carbonyl (C=O) groups excluding carboxylic acids is 1. The topological polar surface area (TPSA) is 110 Å². The van der Waals surface area contributed by atoms with Gasteiger partial charge in [0.2, 0.25) is 5.91 Å². The van der Waals surface area contributed by atoms with Crippen molar-refractivity contribution in [3.05, 3.63) is 35.7 Å². The van der Waals surface area contributed by atoms with Crippen LogP contribution in [-0.4, -0.2) is 61.1 Å². The van der Waals surface area contributed by atoms with Crippen molar-refractivity contribution in [3.8, 4) is 0 Å². The van der Waals surface area contributed by atoms with Gasteiger partial charge in [-0.2, -0.15) is 0 Å². The summed E-state index contributed by atoms with van der Waals surface area (Å²) in [4.78, 5) is 26.0. The maximum atomic E-state index is 12.6. The van der Waals surface area contributed by atoms with Crippen LogP contribution in [0, 0.1) is 5.41 Å². The monoisotopic (exact) mass is 578 g/mol. The highest BCUT2D eigenvalue weighted by Gasteiger charge is 2.29. The number of sulfone groups is 1. The van der Waals surface area contributed by atoms with Gasteiger partial charge in [0, 0.05) is 38.5 Å². The van der Waals surface area contributed by atoms with Crippen LogP contribution in [0.2, 0.25) is 0 Å². The van der Waals surface area contributed by atoms with Crippen molar-refractivity contribution >= 4 is 39.1 Å². The first-order valence-corrected chi connectivity index (χ1v) is 16.5. The van der Waals surface area contributed by atoms with E-state index in [1.54, 1.807) is 31.1 Å². The van der Waals surface area contributed by atoms with Gasteiger partial charge in [-0.25, -0.2) is 8.42 Å². The smallest absolute Gasteiger partial charge is 0.222 e. The largest absolute Gasteiger partial charge is 0.477 e. The normalized spacial score (nSPS) is 19.5. The van der Waals surface area contributed by atoms with Crippen molar-refractivity contribution in [2.45, 2.75) is 108 Å². The number of ether oxygens (including phenoxy) is 1. The number of allylic oxidation sites excluding steroid dienone is 2. The SMILES string of the molecule is CCC1SC(NC(=O)CCCCCC(=NC)OC(C)C(C)(C)C)N=C1C(C)=CCc1cncc(S(C)(=O)=O)c1. The van der Waals surface area contributed by atoms with Crippen molar-refractivity contribution in [1.82, 2.24) is 10.3 Å². The van der Waals surface area contributed by atoms with Crippen molar-refractivity contribution < 1.29 is 17.9 Å². The first-order valence-electron chi connectivity index (χ1n) is 13.7. The summed E-state index contributed by atoms with van der Waals surface area (Å²) in [6.07, 6.45) is 11.8. The Bertz CT molecular complexity index is 1170. The number of carbonyl (C=O) groups is 1. The van der Waals surface area contributed by atoms with Crippen LogP contribution in [0.15, 0.2) is 45.0 Å². The van der Waals surface area contributed by atoms with Crippen LogP contribution in [0.25, 0.3) is 0 Å². The maximum Gasteiger partial charge on any atom is 0.222 e. The molecule has 39 heavy (non-hydrogen) atoms. The second kappa shape index (κ2) is 15.0. The average Bonchev–Trinajstić information content (AvgIpc) is 3.28. The Morgan fingerprint density at radius 2 is 1.92 bits per heavy atom. The van der Waals surface area contributed by atoms with E-state index in [2.05, 4.69) is 56.0 Å². The molecule has 3 atom stereocenters. The van der Waals surface area contributed by atoms with Gasteiger partial charge in [-0.1, -0.05) is 40.2 Å². The van der Waals surface area contributed by atoms with Gasteiger partial charge in [-0.05, 0) is 62.1 Å². The lowest BCUT2D eigenvalue weighted by molar-refractivity contribution is -0.121. The van der Waals surface area contributed by atoms with E-state index in [9.17, 15) is 13.2 Å². The first-order chi connectivity index (χ1) is 18.2. The molecule has 8 nitrogen and oxygen atoms in total. The number of unbranched alkanes of at least 4 members (excludes halogenated alkanes) is 2. The molecule has 0 aliphatic carbocycles. The summed E-state index contributed by atoms with van der Waals surface area (Å²) in [5, 5.41) is 3.27. The first kappa shape index (κ1) is 33.0. The molecule has 0 radical (unpaired) electrons. The molecule has 1 aliphatic rings. The van der Waals surface area contributed by atoms with Gasteiger partial charge in [-0.3, -0.25) is 19.8 Å². The Morgan fingerprint density at radius 1 is 1.23 bits per heavy atom.